The Morgan fingerprint density at radius 2 is 2.04 bits per heavy atom. The van der Waals surface area contributed by atoms with Crippen molar-refractivity contribution in [1.82, 2.24) is 20.5 Å². The summed E-state index contributed by atoms with van der Waals surface area (Å²) in [6.45, 7) is 0. The van der Waals surface area contributed by atoms with E-state index in [-0.39, 0.29) is 5.91 Å². The van der Waals surface area contributed by atoms with E-state index in [0.29, 0.717) is 11.1 Å². The van der Waals surface area contributed by atoms with Crippen molar-refractivity contribution in [3.63, 3.8) is 0 Å². The summed E-state index contributed by atoms with van der Waals surface area (Å²) >= 11 is 0. The molecule has 1 aliphatic carbocycles. The van der Waals surface area contributed by atoms with Crippen LogP contribution in [0.2, 0.25) is 0 Å². The van der Waals surface area contributed by atoms with Crippen LogP contribution in [0.3, 0.4) is 0 Å². The Labute approximate surface area is 141 Å². The third-order valence-electron chi connectivity index (χ3n) is 5.48. The first-order valence-electron chi connectivity index (χ1n) is 8.34. The fourth-order valence-electron chi connectivity index (χ4n) is 4.48. The van der Waals surface area contributed by atoms with Gasteiger partial charge in [0.1, 0.15) is 0 Å². The van der Waals surface area contributed by atoms with Gasteiger partial charge in [0.15, 0.2) is 6.23 Å². The Morgan fingerprint density at radius 1 is 1.16 bits per heavy atom. The second kappa shape index (κ2) is 4.29. The maximum Gasteiger partial charge on any atom is 0.254 e. The van der Waals surface area contributed by atoms with Crippen molar-refractivity contribution in [2.24, 2.45) is 0 Å². The van der Waals surface area contributed by atoms with E-state index in [4.69, 9.17) is 0 Å². The number of aryl methyl sites for hydroxylation is 2. The summed E-state index contributed by atoms with van der Waals surface area (Å²) in [4.78, 5) is 16.2. The first kappa shape index (κ1) is 13.2. The number of carbonyl (C=O) groups excluding carboxylic acids is 1. The highest BCUT2D eigenvalue weighted by molar-refractivity contribution is 6.19. The molecule has 0 fully saturated rings. The number of fused-ring (bicyclic) bond motifs is 10. The molecule has 2 aromatic carbocycles. The van der Waals surface area contributed by atoms with E-state index in [1.807, 2.05) is 24.3 Å². The molecule has 1 atom stereocenters. The van der Waals surface area contributed by atoms with Crippen molar-refractivity contribution >= 4 is 27.7 Å². The highest BCUT2D eigenvalue weighted by Crippen LogP contribution is 2.47. The topological polar surface area (TPSA) is 93.8 Å². The lowest BCUT2D eigenvalue weighted by molar-refractivity contribution is 0.0852. The van der Waals surface area contributed by atoms with E-state index in [9.17, 15) is 9.90 Å². The molecule has 4 aromatic rings. The van der Waals surface area contributed by atoms with Crippen molar-refractivity contribution in [3.05, 3.63) is 52.8 Å². The van der Waals surface area contributed by atoms with Crippen molar-refractivity contribution in [3.8, 4) is 11.1 Å². The summed E-state index contributed by atoms with van der Waals surface area (Å²) in [7, 11) is 0. The van der Waals surface area contributed by atoms with Gasteiger partial charge >= 0.3 is 0 Å². The fraction of sp³-hybridized carbons (Fsp3) is 0.158. The van der Waals surface area contributed by atoms with Crippen molar-refractivity contribution in [1.29, 1.82) is 0 Å². The Kier molecular flexibility index (Phi) is 2.26. The molecular weight excluding hydrogens is 316 g/mol. The Morgan fingerprint density at radius 3 is 2.96 bits per heavy atom. The molecular formula is C19H14N4O2. The molecule has 6 heteroatoms. The molecule has 0 spiro atoms. The Bertz CT molecular complexity index is 1220. The average molecular weight is 330 g/mol. The number of H-pyrrole nitrogens is 2. The van der Waals surface area contributed by atoms with Gasteiger partial charge in [-0.25, -0.2) is 0 Å². The summed E-state index contributed by atoms with van der Waals surface area (Å²) in [5.74, 6) is -0.222. The smallest absolute Gasteiger partial charge is 0.254 e. The molecule has 4 N–H and O–H groups in total. The molecule has 6 nitrogen and oxygen atoms in total. The van der Waals surface area contributed by atoms with Crippen LogP contribution in [-0.4, -0.2) is 26.2 Å². The zero-order valence-corrected chi connectivity index (χ0v) is 13.2. The number of nitrogens with zero attached hydrogens (tertiary/aromatic N) is 1. The molecule has 122 valence electrons. The molecule has 25 heavy (non-hydrogen) atoms. The van der Waals surface area contributed by atoms with Crippen LogP contribution in [0.5, 0.6) is 0 Å². The quantitative estimate of drug-likeness (QED) is 0.399. The normalized spacial score (nSPS) is 18.3. The van der Waals surface area contributed by atoms with Crippen LogP contribution < -0.4 is 5.32 Å². The van der Waals surface area contributed by atoms with Crippen LogP contribution in [0.25, 0.3) is 32.9 Å². The first-order valence-corrected chi connectivity index (χ1v) is 8.34. The van der Waals surface area contributed by atoms with Gasteiger partial charge in [0, 0.05) is 38.7 Å². The largest absolute Gasteiger partial charge is 0.369 e. The maximum atomic E-state index is 12.7. The molecule has 1 aliphatic heterocycles. The second-order valence-electron chi connectivity index (χ2n) is 6.70. The van der Waals surface area contributed by atoms with Crippen LogP contribution in [0.4, 0.5) is 0 Å². The van der Waals surface area contributed by atoms with Gasteiger partial charge in [0.05, 0.1) is 17.3 Å². The molecule has 0 saturated heterocycles. The average Bonchev–Trinajstić information content (AvgIpc) is 3.30. The minimum absolute atomic E-state index is 0.222. The number of para-hydroxylation sites is 1. The van der Waals surface area contributed by atoms with Crippen molar-refractivity contribution < 1.29 is 9.90 Å². The number of rotatable bonds is 0. The lowest BCUT2D eigenvalue weighted by Gasteiger charge is -2.20. The molecule has 0 radical (unpaired) electrons. The highest BCUT2D eigenvalue weighted by atomic mass is 16.3. The zero-order valence-electron chi connectivity index (χ0n) is 13.2. The number of aromatic amines is 2. The second-order valence-corrected chi connectivity index (χ2v) is 6.70. The minimum atomic E-state index is -0.994. The van der Waals surface area contributed by atoms with E-state index in [0.717, 1.165) is 57.0 Å². The molecule has 2 aliphatic rings. The standard InChI is InChI=1S/C19H14N4O2/c24-18-15-13-9(5-6-12-10(13)7-20-23-12)17-14(16(15)19(25)22-18)8-3-1-2-4-11(8)21-17/h1-4,7,19,21,25H,5-6H2,(H,20,23)(H,22,24). The van der Waals surface area contributed by atoms with E-state index >= 15 is 0 Å². The number of hydrogen-bond donors (Lipinski definition) is 4. The van der Waals surface area contributed by atoms with Gasteiger partial charge < -0.3 is 15.4 Å². The van der Waals surface area contributed by atoms with Crippen LogP contribution in [0, 0.1) is 0 Å². The van der Waals surface area contributed by atoms with Gasteiger partial charge in [0.25, 0.3) is 5.91 Å². The zero-order chi connectivity index (χ0) is 16.7. The van der Waals surface area contributed by atoms with Crippen molar-refractivity contribution in [2.75, 3.05) is 0 Å². The van der Waals surface area contributed by atoms with Gasteiger partial charge in [-0.3, -0.25) is 9.89 Å². The summed E-state index contributed by atoms with van der Waals surface area (Å²) < 4.78 is 0. The molecule has 3 heterocycles. The van der Waals surface area contributed by atoms with Crippen molar-refractivity contribution in [2.45, 2.75) is 19.1 Å². The number of hydrogen-bond acceptors (Lipinski definition) is 3. The molecule has 1 unspecified atom stereocenters. The van der Waals surface area contributed by atoms with E-state index in [2.05, 4.69) is 20.5 Å². The number of carbonyl (C=O) groups is 1. The summed E-state index contributed by atoms with van der Waals surface area (Å²) in [5.41, 5.74) is 7.31. The summed E-state index contributed by atoms with van der Waals surface area (Å²) in [6, 6.07) is 8.02. The monoisotopic (exact) mass is 330 g/mol. The number of benzene rings is 2. The van der Waals surface area contributed by atoms with Crippen LogP contribution in [0.15, 0.2) is 30.5 Å². The van der Waals surface area contributed by atoms with E-state index in [1.54, 1.807) is 6.20 Å². The van der Waals surface area contributed by atoms with Crippen LogP contribution >= 0.6 is 0 Å². The molecule has 6 rings (SSSR count). The molecule has 0 saturated carbocycles. The first-order chi connectivity index (χ1) is 12.2. The van der Waals surface area contributed by atoms with Gasteiger partial charge in [-0.2, -0.15) is 5.10 Å². The predicted molar refractivity (Wildman–Crippen MR) is 93.2 cm³/mol. The van der Waals surface area contributed by atoms with E-state index in [1.165, 1.54) is 0 Å². The lowest BCUT2D eigenvalue weighted by atomic mass is 9.82. The highest BCUT2D eigenvalue weighted by Gasteiger charge is 2.37. The van der Waals surface area contributed by atoms with Gasteiger partial charge in [-0.1, -0.05) is 18.2 Å². The van der Waals surface area contributed by atoms with E-state index < -0.39 is 6.23 Å². The predicted octanol–water partition coefficient (Wildman–Crippen LogP) is 2.54. The molecule has 2 aromatic heterocycles. The van der Waals surface area contributed by atoms with Gasteiger partial charge in [-0.05, 0) is 24.5 Å². The SMILES string of the molecule is O=C1NC(O)c2c1c1c(c3[nH]c4ccccc4c23)CCc2[nH]ncc2-1. The number of amides is 1. The lowest BCUT2D eigenvalue weighted by Crippen LogP contribution is -2.18. The minimum Gasteiger partial charge on any atom is -0.369 e. The molecule has 1 amide bonds. The number of aliphatic hydroxyl groups is 1. The van der Waals surface area contributed by atoms with Gasteiger partial charge in [0.2, 0.25) is 0 Å². The Hall–Kier alpha value is -3.12. The summed E-state index contributed by atoms with van der Waals surface area (Å²) in [5, 5.41) is 22.4. The number of aromatic nitrogens is 3. The number of aliphatic hydroxyl groups excluding tert-OH is 1. The van der Waals surface area contributed by atoms with Crippen LogP contribution in [-0.2, 0) is 12.8 Å². The third-order valence-corrected chi connectivity index (χ3v) is 5.48. The summed E-state index contributed by atoms with van der Waals surface area (Å²) in [6.07, 6.45) is 2.46. The number of nitrogens with one attached hydrogen (secondary N) is 3. The third kappa shape index (κ3) is 1.48. The van der Waals surface area contributed by atoms with Crippen LogP contribution in [0.1, 0.15) is 33.4 Å². The fourth-order valence-corrected chi connectivity index (χ4v) is 4.48. The van der Waals surface area contributed by atoms with Gasteiger partial charge in [-0.15, -0.1) is 0 Å². The molecule has 0 bridgehead atoms. The maximum absolute atomic E-state index is 12.7. The Balaban J connectivity index is 1.90.